The van der Waals surface area contributed by atoms with Crippen molar-refractivity contribution in [3.05, 3.63) is 26.2 Å². The molecule has 0 bridgehead atoms. The van der Waals surface area contributed by atoms with Gasteiger partial charge in [0.2, 0.25) is 5.13 Å². The molecule has 9 heteroatoms. The number of aromatic nitrogens is 2. The second-order valence-electron chi connectivity index (χ2n) is 3.31. The Morgan fingerprint density at radius 3 is 3.00 bits per heavy atom. The maximum Gasteiger partial charge on any atom is 0.313 e. The van der Waals surface area contributed by atoms with Crippen molar-refractivity contribution in [3.63, 3.8) is 0 Å². The molecule has 0 aliphatic rings. The van der Waals surface area contributed by atoms with E-state index in [1.54, 1.807) is 0 Å². The van der Waals surface area contributed by atoms with Crippen LogP contribution in [0.2, 0.25) is 0 Å². The summed E-state index contributed by atoms with van der Waals surface area (Å²) in [4.78, 5) is 10.5. The maximum atomic E-state index is 10.5. The molecule has 0 aliphatic carbocycles. The lowest BCUT2D eigenvalue weighted by Crippen LogP contribution is -1.96. The Bertz CT molecular complexity index is 608. The average molecular weight is 472 g/mol. The number of carbonyl (C=O) groups is 1. The first-order valence-corrected chi connectivity index (χ1v) is 8.62. The van der Waals surface area contributed by atoms with Crippen LogP contribution in [0.1, 0.15) is 0 Å². The summed E-state index contributed by atoms with van der Waals surface area (Å²) in [6.45, 7) is 0. The number of aliphatic carboxylic acids is 1. The molecule has 0 amide bonds. The highest BCUT2D eigenvalue weighted by molar-refractivity contribution is 14.1. The molecule has 19 heavy (non-hydrogen) atoms. The summed E-state index contributed by atoms with van der Waals surface area (Å²) in [5.41, 5.74) is 0.901. The molecule has 0 radical (unpaired) electrons. The highest BCUT2D eigenvalue weighted by Crippen LogP contribution is 2.29. The number of thioether (sulfide) groups is 1. The van der Waals surface area contributed by atoms with Crippen LogP contribution in [0, 0.1) is 3.57 Å². The van der Waals surface area contributed by atoms with Gasteiger partial charge >= 0.3 is 5.97 Å². The van der Waals surface area contributed by atoms with E-state index >= 15 is 0 Å². The molecular weight excluding hydrogens is 465 g/mol. The van der Waals surface area contributed by atoms with E-state index in [0.29, 0.717) is 9.47 Å². The predicted molar refractivity (Wildman–Crippen MR) is 88.4 cm³/mol. The Hall–Kier alpha value is -0.390. The van der Waals surface area contributed by atoms with E-state index in [2.05, 4.69) is 54.0 Å². The van der Waals surface area contributed by atoms with Gasteiger partial charge in [0.15, 0.2) is 4.34 Å². The Labute approximate surface area is 139 Å². The van der Waals surface area contributed by atoms with Crippen molar-refractivity contribution in [1.29, 1.82) is 0 Å². The standard InChI is InChI=1S/C10H7BrIN3O2S2/c11-6-3-5(1-2-7(6)12)13-9-14-15-10(19-9)18-4-8(16)17/h1-3H,4H2,(H,13,14)(H,16,17). The predicted octanol–water partition coefficient (Wildman–Crippen LogP) is 3.83. The number of anilines is 2. The largest absolute Gasteiger partial charge is 0.481 e. The van der Waals surface area contributed by atoms with E-state index in [9.17, 15) is 4.79 Å². The van der Waals surface area contributed by atoms with Crippen LogP contribution in [0.4, 0.5) is 10.8 Å². The lowest BCUT2D eigenvalue weighted by Gasteiger charge is -2.03. The van der Waals surface area contributed by atoms with Gasteiger partial charge in [-0.1, -0.05) is 23.1 Å². The third-order valence-corrected chi connectivity index (χ3v) is 6.19. The van der Waals surface area contributed by atoms with Crippen molar-refractivity contribution in [1.82, 2.24) is 10.2 Å². The highest BCUT2D eigenvalue weighted by Gasteiger charge is 2.07. The molecule has 2 aromatic rings. The fourth-order valence-electron chi connectivity index (χ4n) is 1.14. The maximum absolute atomic E-state index is 10.5. The molecule has 2 rings (SSSR count). The van der Waals surface area contributed by atoms with Gasteiger partial charge in [-0.2, -0.15) is 0 Å². The van der Waals surface area contributed by atoms with Crippen molar-refractivity contribution >= 4 is 78.4 Å². The second-order valence-corrected chi connectivity index (χ2v) is 7.53. The van der Waals surface area contributed by atoms with E-state index in [1.165, 1.54) is 11.3 Å². The fraction of sp³-hybridized carbons (Fsp3) is 0.100. The molecule has 0 aliphatic heterocycles. The molecule has 0 atom stereocenters. The lowest BCUT2D eigenvalue weighted by atomic mass is 10.3. The summed E-state index contributed by atoms with van der Waals surface area (Å²) in [7, 11) is 0. The van der Waals surface area contributed by atoms with Crippen LogP contribution >= 0.6 is 61.6 Å². The number of hydrogen-bond acceptors (Lipinski definition) is 6. The van der Waals surface area contributed by atoms with E-state index in [4.69, 9.17) is 5.11 Å². The average Bonchev–Trinajstić information content (AvgIpc) is 2.79. The first kappa shape index (κ1) is 15.0. The summed E-state index contributed by atoms with van der Waals surface area (Å²) >= 11 is 8.18. The zero-order valence-corrected chi connectivity index (χ0v) is 14.6. The van der Waals surface area contributed by atoms with E-state index < -0.39 is 5.97 Å². The molecule has 5 nitrogen and oxygen atoms in total. The molecule has 2 N–H and O–H groups in total. The van der Waals surface area contributed by atoms with Crippen LogP contribution < -0.4 is 5.32 Å². The van der Waals surface area contributed by atoms with Crippen LogP contribution in [-0.2, 0) is 4.79 Å². The van der Waals surface area contributed by atoms with E-state index in [-0.39, 0.29) is 5.75 Å². The molecule has 0 saturated carbocycles. The van der Waals surface area contributed by atoms with Crippen molar-refractivity contribution in [3.8, 4) is 0 Å². The Balaban J connectivity index is 2.02. The molecule has 0 spiro atoms. The topological polar surface area (TPSA) is 75.1 Å². The summed E-state index contributed by atoms with van der Waals surface area (Å²) in [5, 5.41) is 20.2. The van der Waals surface area contributed by atoms with Crippen molar-refractivity contribution in [2.24, 2.45) is 0 Å². The number of nitrogens with one attached hydrogen (secondary N) is 1. The van der Waals surface area contributed by atoms with Crippen LogP contribution in [0.25, 0.3) is 0 Å². The molecule has 1 aromatic heterocycles. The molecule has 0 fully saturated rings. The zero-order valence-electron chi connectivity index (χ0n) is 9.26. The Morgan fingerprint density at radius 1 is 1.53 bits per heavy atom. The molecule has 0 unspecified atom stereocenters. The third-order valence-electron chi connectivity index (χ3n) is 1.90. The van der Waals surface area contributed by atoms with E-state index in [0.717, 1.165) is 25.5 Å². The van der Waals surface area contributed by atoms with Gasteiger partial charge in [-0.3, -0.25) is 4.79 Å². The third kappa shape index (κ3) is 4.58. The number of halogens is 2. The van der Waals surface area contributed by atoms with E-state index in [1.807, 2.05) is 18.2 Å². The summed E-state index contributed by atoms with van der Waals surface area (Å²) in [6, 6.07) is 5.87. The van der Waals surface area contributed by atoms with Gasteiger partial charge in [0.05, 0.1) is 5.75 Å². The smallest absolute Gasteiger partial charge is 0.313 e. The minimum atomic E-state index is -0.865. The molecular formula is C10H7BrIN3O2S2. The summed E-state index contributed by atoms with van der Waals surface area (Å²) in [5.74, 6) is -0.875. The summed E-state index contributed by atoms with van der Waals surface area (Å²) < 4.78 is 2.76. The summed E-state index contributed by atoms with van der Waals surface area (Å²) in [6.07, 6.45) is 0. The number of carboxylic acids is 1. The Kier molecular flexibility index (Phi) is 5.42. The molecule has 1 heterocycles. The number of rotatable bonds is 5. The van der Waals surface area contributed by atoms with Gasteiger partial charge in [0, 0.05) is 13.7 Å². The van der Waals surface area contributed by atoms with Crippen LogP contribution in [0.15, 0.2) is 27.0 Å². The fourth-order valence-corrected chi connectivity index (χ4v) is 3.35. The van der Waals surface area contributed by atoms with Crippen LogP contribution in [0.3, 0.4) is 0 Å². The van der Waals surface area contributed by atoms with Gasteiger partial charge in [-0.25, -0.2) is 0 Å². The molecule has 100 valence electrons. The zero-order chi connectivity index (χ0) is 13.8. The SMILES string of the molecule is O=C(O)CSc1nnc(Nc2ccc(I)c(Br)c2)s1. The number of carboxylic acid groups (broad SMARTS) is 1. The molecule has 0 saturated heterocycles. The normalized spacial score (nSPS) is 10.4. The number of nitrogens with zero attached hydrogens (tertiary/aromatic N) is 2. The second kappa shape index (κ2) is 6.86. The van der Waals surface area contributed by atoms with Crippen molar-refractivity contribution < 1.29 is 9.90 Å². The minimum absolute atomic E-state index is 0.0102. The number of benzene rings is 1. The number of hydrogen-bond donors (Lipinski definition) is 2. The van der Waals surface area contributed by atoms with Crippen LogP contribution in [0.5, 0.6) is 0 Å². The lowest BCUT2D eigenvalue weighted by molar-refractivity contribution is -0.133. The minimum Gasteiger partial charge on any atom is -0.481 e. The quantitative estimate of drug-likeness (QED) is 0.510. The molecule has 1 aromatic carbocycles. The van der Waals surface area contributed by atoms with Crippen molar-refractivity contribution in [2.45, 2.75) is 4.34 Å². The van der Waals surface area contributed by atoms with Gasteiger partial charge in [-0.05, 0) is 56.7 Å². The Morgan fingerprint density at radius 2 is 2.32 bits per heavy atom. The first-order chi connectivity index (χ1) is 9.04. The van der Waals surface area contributed by atoms with Crippen LogP contribution in [-0.4, -0.2) is 27.0 Å². The van der Waals surface area contributed by atoms with Gasteiger partial charge in [0.25, 0.3) is 0 Å². The van der Waals surface area contributed by atoms with Gasteiger partial charge in [0.1, 0.15) is 0 Å². The first-order valence-electron chi connectivity index (χ1n) is 4.95. The van der Waals surface area contributed by atoms with Crippen molar-refractivity contribution in [2.75, 3.05) is 11.1 Å². The van der Waals surface area contributed by atoms with Gasteiger partial charge in [-0.15, -0.1) is 10.2 Å². The monoisotopic (exact) mass is 471 g/mol. The highest BCUT2D eigenvalue weighted by atomic mass is 127. The van der Waals surface area contributed by atoms with Gasteiger partial charge < -0.3 is 10.4 Å².